The number of fused-ring (bicyclic) bond motifs is 1. The summed E-state index contributed by atoms with van der Waals surface area (Å²) >= 11 is 0. The van der Waals surface area contributed by atoms with E-state index >= 15 is 0 Å². The summed E-state index contributed by atoms with van der Waals surface area (Å²) in [5, 5.41) is 0. The van der Waals surface area contributed by atoms with Crippen LogP contribution in [0, 0.1) is 0 Å². The van der Waals surface area contributed by atoms with Crippen molar-refractivity contribution in [3.63, 3.8) is 0 Å². The molecular weight excluding hydrogens is 542 g/mol. The number of nitrogens with zero attached hydrogens (tertiary/aromatic N) is 2. The molecule has 0 spiro atoms. The standard InChI is InChI=1S/C39H53N3O2/c1-3-4-5-6-7-8-9-10-11-12-13-14-15-18-28-44-38-25-23-34(24-26-38)32-42(33(2)43)36-22-19-20-35(29-36)30-39-40-31-37-21-16-17-27-41(37)39/h16-17,19-27,29,31H,3-15,18,28,30,32H2,1-2H3/p+1. The molecule has 44 heavy (non-hydrogen) atoms. The number of aromatic amines is 1. The average Bonchev–Trinajstić information content (AvgIpc) is 3.45. The number of nitrogens with one attached hydrogen (secondary N) is 1. The van der Waals surface area contributed by atoms with Crippen molar-refractivity contribution < 1.29 is 13.9 Å². The number of carbonyl (C=O) groups is 1. The molecule has 5 nitrogen and oxygen atoms in total. The first-order valence-corrected chi connectivity index (χ1v) is 17.2. The summed E-state index contributed by atoms with van der Waals surface area (Å²) in [6.45, 7) is 5.21. The summed E-state index contributed by atoms with van der Waals surface area (Å²) in [6.07, 6.45) is 23.9. The first kappa shape index (κ1) is 33.3. The van der Waals surface area contributed by atoms with Crippen LogP contribution in [0.4, 0.5) is 5.69 Å². The highest BCUT2D eigenvalue weighted by Gasteiger charge is 2.15. The van der Waals surface area contributed by atoms with Gasteiger partial charge in [0.2, 0.25) is 5.91 Å². The number of unbranched alkanes of at least 4 members (excludes halogenated alkanes) is 13. The summed E-state index contributed by atoms with van der Waals surface area (Å²) in [4.78, 5) is 17.9. The molecule has 0 bridgehead atoms. The van der Waals surface area contributed by atoms with Crippen LogP contribution in [0.1, 0.15) is 121 Å². The van der Waals surface area contributed by atoms with Crippen LogP contribution >= 0.6 is 0 Å². The van der Waals surface area contributed by atoms with Gasteiger partial charge >= 0.3 is 0 Å². The first-order chi connectivity index (χ1) is 21.6. The van der Waals surface area contributed by atoms with Crippen molar-refractivity contribution in [3.05, 3.63) is 96.1 Å². The Labute approximate surface area is 265 Å². The fourth-order valence-electron chi connectivity index (χ4n) is 5.96. The third-order valence-corrected chi connectivity index (χ3v) is 8.57. The lowest BCUT2D eigenvalue weighted by Gasteiger charge is -2.22. The number of rotatable bonds is 21. The lowest BCUT2D eigenvalue weighted by Crippen LogP contribution is -2.28. The number of aromatic nitrogens is 2. The van der Waals surface area contributed by atoms with Crippen molar-refractivity contribution in [1.82, 2.24) is 4.98 Å². The Bertz CT molecular complexity index is 1380. The zero-order chi connectivity index (χ0) is 30.8. The zero-order valence-electron chi connectivity index (χ0n) is 27.2. The first-order valence-electron chi connectivity index (χ1n) is 17.2. The van der Waals surface area contributed by atoms with Crippen LogP contribution in [0.2, 0.25) is 0 Å². The minimum absolute atomic E-state index is 0.0278. The van der Waals surface area contributed by atoms with Gasteiger partial charge in [-0.15, -0.1) is 0 Å². The van der Waals surface area contributed by atoms with E-state index in [-0.39, 0.29) is 5.91 Å². The number of carbonyl (C=O) groups excluding carboxylic acids is 1. The number of hydrogen-bond donors (Lipinski definition) is 1. The number of anilines is 1. The van der Waals surface area contributed by atoms with Gasteiger partial charge in [0.15, 0.2) is 5.52 Å². The van der Waals surface area contributed by atoms with E-state index in [4.69, 9.17) is 4.74 Å². The van der Waals surface area contributed by atoms with Crippen molar-refractivity contribution >= 4 is 17.1 Å². The van der Waals surface area contributed by atoms with Gasteiger partial charge in [0, 0.05) is 12.6 Å². The Morgan fingerprint density at radius 2 is 1.41 bits per heavy atom. The van der Waals surface area contributed by atoms with Crippen molar-refractivity contribution in [2.75, 3.05) is 11.5 Å². The Kier molecular flexibility index (Phi) is 14.3. The summed E-state index contributed by atoms with van der Waals surface area (Å²) in [5.74, 6) is 2.03. The second-order valence-corrected chi connectivity index (χ2v) is 12.3. The monoisotopic (exact) mass is 596 g/mol. The average molecular weight is 597 g/mol. The minimum atomic E-state index is 0.0278. The topological polar surface area (TPSA) is 49.4 Å². The molecule has 0 fully saturated rings. The SMILES string of the molecule is CCCCCCCCCCCCCCCCOc1ccc(CN(C(C)=O)c2cccc(Cc3[nH]cc4cccc[n+]34)c2)cc1. The fraction of sp³-hybridized carbons (Fsp3) is 0.487. The highest BCUT2D eigenvalue weighted by Crippen LogP contribution is 2.22. The highest BCUT2D eigenvalue weighted by atomic mass is 16.5. The lowest BCUT2D eigenvalue weighted by atomic mass is 10.0. The van der Waals surface area contributed by atoms with Gasteiger partial charge in [-0.3, -0.25) is 4.79 Å². The molecule has 0 atom stereocenters. The molecule has 2 aromatic heterocycles. The molecule has 0 saturated heterocycles. The molecule has 0 saturated carbocycles. The molecule has 0 aliphatic rings. The lowest BCUT2D eigenvalue weighted by molar-refractivity contribution is -0.520. The van der Waals surface area contributed by atoms with E-state index in [0.29, 0.717) is 6.54 Å². The van der Waals surface area contributed by atoms with Gasteiger partial charge in [0.05, 0.1) is 25.8 Å². The molecule has 0 aliphatic heterocycles. The second-order valence-electron chi connectivity index (χ2n) is 12.3. The Balaban J connectivity index is 1.13. The van der Waals surface area contributed by atoms with E-state index in [1.54, 1.807) is 6.92 Å². The largest absolute Gasteiger partial charge is 0.494 e. The molecule has 236 valence electrons. The molecule has 4 aromatic rings. The van der Waals surface area contributed by atoms with Crippen LogP contribution in [-0.2, 0) is 17.8 Å². The summed E-state index contributed by atoms with van der Waals surface area (Å²) < 4.78 is 8.18. The summed E-state index contributed by atoms with van der Waals surface area (Å²) in [5.41, 5.74) is 4.28. The number of ether oxygens (including phenoxy) is 1. The summed E-state index contributed by atoms with van der Waals surface area (Å²) in [6, 6.07) is 22.6. The maximum absolute atomic E-state index is 12.7. The Hall–Kier alpha value is -3.60. The highest BCUT2D eigenvalue weighted by molar-refractivity contribution is 5.91. The number of hydrogen-bond acceptors (Lipinski definition) is 2. The number of benzene rings is 2. The molecule has 2 aromatic carbocycles. The third kappa shape index (κ3) is 11.2. The van der Waals surface area contributed by atoms with E-state index in [9.17, 15) is 4.79 Å². The van der Waals surface area contributed by atoms with Crippen LogP contribution in [0.15, 0.2) is 79.1 Å². The number of H-pyrrole nitrogens is 1. The number of imidazole rings is 1. The van der Waals surface area contributed by atoms with Gasteiger partial charge in [-0.2, -0.15) is 4.40 Å². The molecular formula is C39H54N3O2+. The van der Waals surface area contributed by atoms with Crippen molar-refractivity contribution in [2.45, 2.75) is 117 Å². The van der Waals surface area contributed by atoms with Crippen LogP contribution in [0.5, 0.6) is 5.75 Å². The normalized spacial score (nSPS) is 11.2. The molecule has 5 heteroatoms. The molecule has 0 aliphatic carbocycles. The molecule has 1 amide bonds. The fourth-order valence-corrected chi connectivity index (χ4v) is 5.96. The third-order valence-electron chi connectivity index (χ3n) is 8.57. The van der Waals surface area contributed by atoms with Gasteiger partial charge in [-0.25, -0.2) is 4.98 Å². The van der Waals surface area contributed by atoms with E-state index in [0.717, 1.165) is 53.4 Å². The van der Waals surface area contributed by atoms with Gasteiger partial charge in [0.1, 0.15) is 11.9 Å². The van der Waals surface area contributed by atoms with E-state index in [1.165, 1.54) is 83.5 Å². The van der Waals surface area contributed by atoms with Crippen LogP contribution < -0.4 is 14.0 Å². The van der Waals surface area contributed by atoms with E-state index in [1.807, 2.05) is 47.5 Å². The zero-order valence-corrected chi connectivity index (χ0v) is 27.2. The maximum Gasteiger partial charge on any atom is 0.263 e. The van der Waals surface area contributed by atoms with Gasteiger partial charge in [-0.05, 0) is 53.9 Å². The molecule has 0 radical (unpaired) electrons. The van der Waals surface area contributed by atoms with Gasteiger partial charge < -0.3 is 9.64 Å². The van der Waals surface area contributed by atoms with Crippen LogP contribution in [0.3, 0.4) is 0 Å². The van der Waals surface area contributed by atoms with Gasteiger partial charge in [-0.1, -0.05) is 121 Å². The molecule has 0 unspecified atom stereocenters. The van der Waals surface area contributed by atoms with E-state index in [2.05, 4.69) is 52.8 Å². The Morgan fingerprint density at radius 1 is 0.750 bits per heavy atom. The molecule has 4 rings (SSSR count). The molecule has 2 heterocycles. The molecule has 1 N–H and O–H groups in total. The maximum atomic E-state index is 12.7. The van der Waals surface area contributed by atoms with Crippen molar-refractivity contribution in [1.29, 1.82) is 0 Å². The summed E-state index contributed by atoms with van der Waals surface area (Å²) in [7, 11) is 0. The predicted molar refractivity (Wildman–Crippen MR) is 182 cm³/mol. The van der Waals surface area contributed by atoms with Crippen LogP contribution in [0.25, 0.3) is 5.52 Å². The minimum Gasteiger partial charge on any atom is -0.494 e. The van der Waals surface area contributed by atoms with Crippen LogP contribution in [-0.4, -0.2) is 17.5 Å². The van der Waals surface area contributed by atoms with Crippen molar-refractivity contribution in [3.8, 4) is 5.75 Å². The number of amides is 1. The van der Waals surface area contributed by atoms with E-state index < -0.39 is 0 Å². The smallest absolute Gasteiger partial charge is 0.263 e. The van der Waals surface area contributed by atoms with Crippen molar-refractivity contribution in [2.24, 2.45) is 0 Å². The quantitative estimate of drug-likeness (QED) is 0.0769. The number of pyridine rings is 1. The second kappa shape index (κ2) is 18.9. The predicted octanol–water partition coefficient (Wildman–Crippen LogP) is 9.76. The van der Waals surface area contributed by atoms with Gasteiger partial charge in [0.25, 0.3) is 5.82 Å². The Morgan fingerprint density at radius 3 is 2.07 bits per heavy atom.